The number of carbonyl (C=O) groups is 2. The molecular formula is C33H39N3O6. The Morgan fingerprint density at radius 1 is 1.00 bits per heavy atom. The molecule has 3 aliphatic heterocycles. The molecule has 1 spiro atoms. The Morgan fingerprint density at radius 3 is 2.62 bits per heavy atom. The van der Waals surface area contributed by atoms with Crippen molar-refractivity contribution < 1.29 is 28.3 Å². The molecule has 2 aromatic carbocycles. The number of benzene rings is 2. The molecule has 2 amide bonds. The van der Waals surface area contributed by atoms with Crippen molar-refractivity contribution in [1.82, 2.24) is 15.0 Å². The Labute approximate surface area is 246 Å². The van der Waals surface area contributed by atoms with E-state index in [-0.39, 0.29) is 29.0 Å². The molecule has 6 rings (SSSR count). The van der Waals surface area contributed by atoms with Crippen LogP contribution in [0.15, 0.2) is 59.1 Å². The quantitative estimate of drug-likeness (QED) is 0.411. The van der Waals surface area contributed by atoms with Crippen molar-refractivity contribution in [3.05, 3.63) is 65.9 Å². The predicted molar refractivity (Wildman–Crippen MR) is 157 cm³/mol. The fourth-order valence-corrected chi connectivity index (χ4v) is 6.43. The molecule has 0 N–H and O–H groups in total. The van der Waals surface area contributed by atoms with Gasteiger partial charge in [0.1, 0.15) is 17.2 Å². The van der Waals surface area contributed by atoms with E-state index in [9.17, 15) is 9.59 Å². The first kappa shape index (κ1) is 28.3. The van der Waals surface area contributed by atoms with Crippen LogP contribution in [0.4, 0.5) is 0 Å². The van der Waals surface area contributed by atoms with E-state index in [0.717, 1.165) is 62.8 Å². The number of aromatic nitrogens is 1. The molecule has 2 saturated heterocycles. The first-order valence-electron chi connectivity index (χ1n) is 15.1. The van der Waals surface area contributed by atoms with Gasteiger partial charge in [0, 0.05) is 43.3 Å². The molecule has 2 fully saturated rings. The molecule has 0 aliphatic carbocycles. The van der Waals surface area contributed by atoms with Crippen LogP contribution < -0.4 is 9.47 Å². The predicted octanol–water partition coefficient (Wildman–Crippen LogP) is 5.46. The van der Waals surface area contributed by atoms with Crippen LogP contribution in [0, 0.1) is 5.41 Å². The number of para-hydroxylation sites is 1. The maximum atomic E-state index is 13.6. The maximum Gasteiger partial charge on any atom is 0.292 e. The Morgan fingerprint density at radius 2 is 1.81 bits per heavy atom. The number of likely N-dealkylation sites (tertiary alicyclic amines) is 1. The van der Waals surface area contributed by atoms with Crippen LogP contribution in [0.3, 0.4) is 0 Å². The molecule has 0 saturated carbocycles. The third kappa shape index (κ3) is 6.02. The van der Waals surface area contributed by atoms with Crippen LogP contribution in [0.25, 0.3) is 11.3 Å². The molecule has 1 aromatic heterocycles. The first-order chi connectivity index (χ1) is 20.5. The summed E-state index contributed by atoms with van der Waals surface area (Å²) in [5.74, 6) is 1.50. The van der Waals surface area contributed by atoms with E-state index in [4.69, 9.17) is 18.7 Å². The molecule has 42 heavy (non-hydrogen) atoms. The minimum Gasteiger partial charge on any atom is -0.497 e. The third-order valence-corrected chi connectivity index (χ3v) is 9.06. The summed E-state index contributed by atoms with van der Waals surface area (Å²) in [6.07, 6.45) is 6.57. The Balaban J connectivity index is 1.14. The smallest absolute Gasteiger partial charge is 0.292 e. The second-order valence-corrected chi connectivity index (χ2v) is 11.7. The van der Waals surface area contributed by atoms with Gasteiger partial charge in [0.25, 0.3) is 11.8 Å². The number of nitrogens with zero attached hydrogens (tertiary/aromatic N) is 3. The molecule has 4 heterocycles. The summed E-state index contributed by atoms with van der Waals surface area (Å²) in [5, 5.41) is 4.14. The molecular weight excluding hydrogens is 534 g/mol. The Hall–Kier alpha value is -3.85. The van der Waals surface area contributed by atoms with Gasteiger partial charge in [-0.25, -0.2) is 0 Å². The van der Waals surface area contributed by atoms with E-state index in [0.29, 0.717) is 49.9 Å². The maximum absolute atomic E-state index is 13.6. The molecule has 1 atom stereocenters. The van der Waals surface area contributed by atoms with Gasteiger partial charge in [-0.05, 0) is 74.9 Å². The van der Waals surface area contributed by atoms with Crippen molar-refractivity contribution in [3.63, 3.8) is 0 Å². The van der Waals surface area contributed by atoms with Gasteiger partial charge in [-0.2, -0.15) is 0 Å². The number of hydrogen-bond acceptors (Lipinski definition) is 7. The number of ether oxygens (including phenoxy) is 3. The van der Waals surface area contributed by atoms with Crippen LogP contribution in [-0.2, 0) is 4.74 Å². The van der Waals surface area contributed by atoms with Gasteiger partial charge in [0.05, 0.1) is 31.9 Å². The Kier molecular flexibility index (Phi) is 8.46. The molecule has 9 heteroatoms. The van der Waals surface area contributed by atoms with Crippen molar-refractivity contribution in [3.8, 4) is 22.8 Å². The van der Waals surface area contributed by atoms with E-state index in [1.54, 1.807) is 13.2 Å². The third-order valence-electron chi connectivity index (χ3n) is 9.06. The summed E-state index contributed by atoms with van der Waals surface area (Å²) >= 11 is 0. The lowest BCUT2D eigenvalue weighted by Gasteiger charge is -2.41. The van der Waals surface area contributed by atoms with E-state index < -0.39 is 0 Å². The standard InChI is InChI=1S/C33H39N3O6/c1-39-26-12-10-24(11-13-26)28-21-30(42-34-28)32(38)35-18-15-33(16-19-35)14-4-5-20-40-22-25-7-6-17-36(25)31(37)27-8-2-3-9-29(27)41-23-33/h2-3,8-13,21,25H,4-7,14-20,22-23H2,1H3/t25-/m0/s1. The van der Waals surface area contributed by atoms with Gasteiger partial charge < -0.3 is 28.5 Å². The summed E-state index contributed by atoms with van der Waals surface area (Å²) in [6.45, 7) is 3.74. The second-order valence-electron chi connectivity index (χ2n) is 11.7. The van der Waals surface area contributed by atoms with Gasteiger partial charge in [0.15, 0.2) is 0 Å². The molecule has 3 aliphatic rings. The number of methoxy groups -OCH3 is 1. The van der Waals surface area contributed by atoms with Crippen molar-refractivity contribution >= 4 is 11.8 Å². The Bertz CT molecular complexity index is 1380. The van der Waals surface area contributed by atoms with E-state index >= 15 is 0 Å². The zero-order valence-corrected chi connectivity index (χ0v) is 24.3. The topological polar surface area (TPSA) is 94.3 Å². The van der Waals surface area contributed by atoms with Crippen molar-refractivity contribution in [1.29, 1.82) is 0 Å². The lowest BCUT2D eigenvalue weighted by Crippen LogP contribution is -2.45. The van der Waals surface area contributed by atoms with E-state index in [1.807, 2.05) is 58.3 Å². The fourth-order valence-electron chi connectivity index (χ4n) is 6.43. The van der Waals surface area contributed by atoms with Crippen LogP contribution in [0.5, 0.6) is 11.5 Å². The number of amides is 2. The normalized spacial score (nSPS) is 21.3. The summed E-state index contributed by atoms with van der Waals surface area (Å²) in [7, 11) is 1.62. The zero-order valence-electron chi connectivity index (χ0n) is 24.3. The van der Waals surface area contributed by atoms with Gasteiger partial charge in [-0.1, -0.05) is 23.7 Å². The van der Waals surface area contributed by atoms with Crippen LogP contribution in [0.1, 0.15) is 65.9 Å². The molecule has 3 aromatic rings. The summed E-state index contributed by atoms with van der Waals surface area (Å²) in [6, 6.07) is 16.9. The highest BCUT2D eigenvalue weighted by Crippen LogP contribution is 2.39. The molecule has 0 bridgehead atoms. The molecule has 222 valence electrons. The summed E-state index contributed by atoms with van der Waals surface area (Å²) in [5.41, 5.74) is 1.99. The SMILES string of the molecule is COc1ccc(-c2cc(C(=O)N3CCC4(CCCCOC[C@@H]5CCCN5C(=O)c5ccccc5OC4)CC3)on2)cc1. The largest absolute Gasteiger partial charge is 0.497 e. The van der Waals surface area contributed by atoms with Crippen LogP contribution in [-0.4, -0.2) is 79.4 Å². The monoisotopic (exact) mass is 573 g/mol. The van der Waals surface area contributed by atoms with Crippen molar-refractivity contribution in [2.24, 2.45) is 5.41 Å². The minimum atomic E-state index is -0.150. The van der Waals surface area contributed by atoms with E-state index in [1.165, 1.54) is 0 Å². The van der Waals surface area contributed by atoms with Crippen molar-refractivity contribution in [2.45, 2.75) is 51.0 Å². The minimum absolute atomic E-state index is 0.0179. The summed E-state index contributed by atoms with van der Waals surface area (Å²) < 4.78 is 23.2. The second kappa shape index (κ2) is 12.6. The molecule has 9 nitrogen and oxygen atoms in total. The van der Waals surface area contributed by atoms with Gasteiger partial charge in [-0.15, -0.1) is 0 Å². The lowest BCUT2D eigenvalue weighted by molar-refractivity contribution is 0.0286. The van der Waals surface area contributed by atoms with Crippen molar-refractivity contribution in [2.75, 3.05) is 46.6 Å². The van der Waals surface area contributed by atoms with Gasteiger partial charge in [-0.3, -0.25) is 9.59 Å². The van der Waals surface area contributed by atoms with Crippen LogP contribution >= 0.6 is 0 Å². The average molecular weight is 574 g/mol. The van der Waals surface area contributed by atoms with Gasteiger partial charge in [0.2, 0.25) is 5.76 Å². The highest BCUT2D eigenvalue weighted by molar-refractivity contribution is 5.97. The lowest BCUT2D eigenvalue weighted by atomic mass is 9.75. The summed E-state index contributed by atoms with van der Waals surface area (Å²) in [4.78, 5) is 30.7. The van der Waals surface area contributed by atoms with E-state index in [2.05, 4.69) is 5.16 Å². The molecule has 0 unspecified atom stereocenters. The van der Waals surface area contributed by atoms with Gasteiger partial charge >= 0.3 is 0 Å². The number of piperidine rings is 1. The average Bonchev–Trinajstić information content (AvgIpc) is 3.72. The number of hydrogen-bond donors (Lipinski definition) is 0. The number of carbonyl (C=O) groups excluding carboxylic acids is 2. The number of rotatable bonds is 3. The zero-order chi connectivity index (χ0) is 28.9. The van der Waals surface area contributed by atoms with Crippen LogP contribution in [0.2, 0.25) is 0 Å². The highest BCUT2D eigenvalue weighted by atomic mass is 16.5. The molecule has 0 radical (unpaired) electrons. The number of fused-ring (bicyclic) bond motifs is 2. The fraction of sp³-hybridized carbons (Fsp3) is 0.485. The highest BCUT2D eigenvalue weighted by Gasteiger charge is 2.38. The first-order valence-corrected chi connectivity index (χ1v) is 15.1.